The van der Waals surface area contributed by atoms with Gasteiger partial charge in [0.05, 0.1) is 13.2 Å². The number of hydrogen-bond acceptors (Lipinski definition) is 3. The predicted molar refractivity (Wildman–Crippen MR) is 105 cm³/mol. The van der Waals surface area contributed by atoms with Gasteiger partial charge in [0.25, 0.3) is 0 Å². The molecule has 3 heteroatoms. The van der Waals surface area contributed by atoms with Crippen LogP contribution in [0.5, 0.6) is 11.5 Å². The SMILES string of the molecule is CCCCOc1cccc(CC(CN)c2cc(C)ccc2OCC)c1. The molecule has 0 amide bonds. The highest BCUT2D eigenvalue weighted by Crippen LogP contribution is 2.30. The van der Waals surface area contributed by atoms with E-state index in [1.165, 1.54) is 16.7 Å². The number of unbranched alkanes of at least 4 members (excludes halogenated alkanes) is 1. The first-order valence-corrected chi connectivity index (χ1v) is 9.33. The maximum atomic E-state index is 6.12. The zero-order valence-electron chi connectivity index (χ0n) is 15.8. The van der Waals surface area contributed by atoms with E-state index in [4.69, 9.17) is 15.2 Å². The molecule has 136 valence electrons. The standard InChI is InChI=1S/C22H31NO2/c1-4-6-12-25-20-9-7-8-18(15-20)14-19(16-23)21-13-17(3)10-11-22(21)24-5-2/h7-11,13,15,19H,4-6,12,14,16,23H2,1-3H3. The highest BCUT2D eigenvalue weighted by atomic mass is 16.5. The second kappa shape index (κ2) is 10.1. The van der Waals surface area contributed by atoms with Crippen LogP contribution in [0, 0.1) is 6.92 Å². The zero-order valence-corrected chi connectivity index (χ0v) is 15.8. The first-order chi connectivity index (χ1) is 12.2. The second-order valence-electron chi connectivity index (χ2n) is 6.46. The Bertz CT molecular complexity index is 654. The van der Waals surface area contributed by atoms with Crippen LogP contribution in [0.25, 0.3) is 0 Å². The van der Waals surface area contributed by atoms with Crippen molar-refractivity contribution in [2.24, 2.45) is 5.73 Å². The molecule has 0 aliphatic carbocycles. The van der Waals surface area contributed by atoms with Crippen LogP contribution in [0.1, 0.15) is 49.3 Å². The Kier molecular flexibility index (Phi) is 7.80. The summed E-state index contributed by atoms with van der Waals surface area (Å²) < 4.78 is 11.7. The lowest BCUT2D eigenvalue weighted by Crippen LogP contribution is -2.16. The molecule has 0 spiro atoms. The van der Waals surface area contributed by atoms with Crippen molar-refractivity contribution in [1.29, 1.82) is 0 Å². The molecule has 0 aromatic heterocycles. The predicted octanol–water partition coefficient (Wildman–Crippen LogP) is 4.86. The summed E-state index contributed by atoms with van der Waals surface area (Å²) in [4.78, 5) is 0. The lowest BCUT2D eigenvalue weighted by Gasteiger charge is -2.20. The average molecular weight is 341 g/mol. The van der Waals surface area contributed by atoms with Crippen molar-refractivity contribution in [3.63, 3.8) is 0 Å². The van der Waals surface area contributed by atoms with Crippen LogP contribution >= 0.6 is 0 Å². The molecular formula is C22H31NO2. The van der Waals surface area contributed by atoms with Gasteiger partial charge in [-0.15, -0.1) is 0 Å². The molecule has 1 atom stereocenters. The molecule has 1 unspecified atom stereocenters. The molecule has 0 aliphatic rings. The number of rotatable bonds is 10. The fourth-order valence-corrected chi connectivity index (χ4v) is 2.98. The Balaban J connectivity index is 2.17. The van der Waals surface area contributed by atoms with E-state index in [0.717, 1.165) is 37.4 Å². The number of ether oxygens (including phenoxy) is 2. The van der Waals surface area contributed by atoms with Crippen LogP contribution in [0.2, 0.25) is 0 Å². The van der Waals surface area contributed by atoms with E-state index in [-0.39, 0.29) is 5.92 Å². The van der Waals surface area contributed by atoms with Crippen molar-refractivity contribution in [1.82, 2.24) is 0 Å². The van der Waals surface area contributed by atoms with E-state index in [0.29, 0.717) is 13.2 Å². The first-order valence-electron chi connectivity index (χ1n) is 9.33. The Morgan fingerprint density at radius 3 is 2.60 bits per heavy atom. The third kappa shape index (κ3) is 5.79. The van der Waals surface area contributed by atoms with Crippen LogP contribution in [-0.4, -0.2) is 19.8 Å². The van der Waals surface area contributed by atoms with Crippen LogP contribution in [0.4, 0.5) is 0 Å². The number of benzene rings is 2. The Labute approximate surface area is 152 Å². The van der Waals surface area contributed by atoms with Crippen molar-refractivity contribution < 1.29 is 9.47 Å². The van der Waals surface area contributed by atoms with Gasteiger partial charge in [0.1, 0.15) is 11.5 Å². The summed E-state index contributed by atoms with van der Waals surface area (Å²) in [5.41, 5.74) is 9.79. The van der Waals surface area contributed by atoms with Crippen molar-refractivity contribution >= 4 is 0 Å². The largest absolute Gasteiger partial charge is 0.494 e. The van der Waals surface area contributed by atoms with Gasteiger partial charge in [-0.3, -0.25) is 0 Å². The maximum Gasteiger partial charge on any atom is 0.122 e. The van der Waals surface area contributed by atoms with E-state index in [2.05, 4.69) is 50.2 Å². The third-order valence-electron chi connectivity index (χ3n) is 4.34. The van der Waals surface area contributed by atoms with Gasteiger partial charge in [-0.25, -0.2) is 0 Å². The topological polar surface area (TPSA) is 44.5 Å². The van der Waals surface area contributed by atoms with Crippen LogP contribution in [-0.2, 0) is 6.42 Å². The minimum absolute atomic E-state index is 0.229. The molecule has 0 aliphatic heterocycles. The number of hydrogen-bond donors (Lipinski definition) is 1. The van der Waals surface area contributed by atoms with Gasteiger partial charge < -0.3 is 15.2 Å². The van der Waals surface area contributed by atoms with E-state index in [9.17, 15) is 0 Å². The lowest BCUT2D eigenvalue weighted by molar-refractivity contribution is 0.309. The molecule has 3 nitrogen and oxygen atoms in total. The molecule has 0 radical (unpaired) electrons. The van der Waals surface area contributed by atoms with Gasteiger partial charge in [-0.05, 0) is 62.6 Å². The summed E-state index contributed by atoms with van der Waals surface area (Å²) in [7, 11) is 0. The Hall–Kier alpha value is -2.00. The van der Waals surface area contributed by atoms with Gasteiger partial charge in [0.2, 0.25) is 0 Å². The minimum Gasteiger partial charge on any atom is -0.494 e. The summed E-state index contributed by atoms with van der Waals surface area (Å²) >= 11 is 0. The van der Waals surface area contributed by atoms with Crippen LogP contribution in [0.15, 0.2) is 42.5 Å². The minimum atomic E-state index is 0.229. The molecule has 0 saturated heterocycles. The molecule has 2 rings (SSSR count). The third-order valence-corrected chi connectivity index (χ3v) is 4.34. The smallest absolute Gasteiger partial charge is 0.122 e. The molecular weight excluding hydrogens is 310 g/mol. The molecule has 0 heterocycles. The normalized spacial score (nSPS) is 12.0. The maximum absolute atomic E-state index is 6.12. The first kappa shape index (κ1) is 19.3. The van der Waals surface area contributed by atoms with Gasteiger partial charge in [0.15, 0.2) is 0 Å². The average Bonchev–Trinajstić information content (AvgIpc) is 2.62. The van der Waals surface area contributed by atoms with E-state index in [1.54, 1.807) is 0 Å². The summed E-state index contributed by atoms with van der Waals surface area (Å²) in [6.45, 7) is 8.31. The molecule has 2 N–H and O–H groups in total. The number of nitrogens with two attached hydrogens (primary N) is 1. The van der Waals surface area contributed by atoms with E-state index < -0.39 is 0 Å². The monoisotopic (exact) mass is 341 g/mol. The quantitative estimate of drug-likeness (QED) is 0.628. The highest BCUT2D eigenvalue weighted by molar-refractivity contribution is 5.41. The van der Waals surface area contributed by atoms with Crippen molar-refractivity contribution in [2.45, 2.75) is 46.0 Å². The fourth-order valence-electron chi connectivity index (χ4n) is 2.98. The van der Waals surface area contributed by atoms with Gasteiger partial charge in [0, 0.05) is 5.92 Å². The van der Waals surface area contributed by atoms with Gasteiger partial charge in [-0.2, -0.15) is 0 Å². The summed E-state index contributed by atoms with van der Waals surface area (Å²) in [6.07, 6.45) is 3.10. The summed E-state index contributed by atoms with van der Waals surface area (Å²) in [6, 6.07) is 14.7. The fraction of sp³-hybridized carbons (Fsp3) is 0.455. The molecule has 25 heavy (non-hydrogen) atoms. The molecule has 2 aromatic rings. The molecule has 0 saturated carbocycles. The summed E-state index contributed by atoms with van der Waals surface area (Å²) in [5.74, 6) is 2.11. The van der Waals surface area contributed by atoms with Crippen LogP contribution in [0.3, 0.4) is 0 Å². The van der Waals surface area contributed by atoms with E-state index >= 15 is 0 Å². The zero-order chi connectivity index (χ0) is 18.1. The molecule has 0 fully saturated rings. The Morgan fingerprint density at radius 2 is 1.88 bits per heavy atom. The van der Waals surface area contributed by atoms with Crippen molar-refractivity contribution in [3.05, 3.63) is 59.2 Å². The van der Waals surface area contributed by atoms with E-state index in [1.807, 2.05) is 13.0 Å². The van der Waals surface area contributed by atoms with Crippen molar-refractivity contribution in [2.75, 3.05) is 19.8 Å². The van der Waals surface area contributed by atoms with Gasteiger partial charge >= 0.3 is 0 Å². The summed E-state index contributed by atoms with van der Waals surface area (Å²) in [5, 5.41) is 0. The van der Waals surface area contributed by atoms with Crippen LogP contribution < -0.4 is 15.2 Å². The molecule has 2 aromatic carbocycles. The lowest BCUT2D eigenvalue weighted by atomic mass is 9.90. The Morgan fingerprint density at radius 1 is 1.04 bits per heavy atom. The highest BCUT2D eigenvalue weighted by Gasteiger charge is 2.16. The van der Waals surface area contributed by atoms with Crippen molar-refractivity contribution in [3.8, 4) is 11.5 Å². The van der Waals surface area contributed by atoms with Gasteiger partial charge in [-0.1, -0.05) is 43.2 Å². The number of aryl methyl sites for hydroxylation is 1. The molecule has 0 bridgehead atoms. The second-order valence-corrected chi connectivity index (χ2v) is 6.46.